The highest BCUT2D eigenvalue weighted by atomic mass is 32.2. The summed E-state index contributed by atoms with van der Waals surface area (Å²) in [5.74, 6) is -3.61. The van der Waals surface area contributed by atoms with Crippen molar-refractivity contribution in [2.24, 2.45) is 5.92 Å². The van der Waals surface area contributed by atoms with Gasteiger partial charge in [0.2, 0.25) is 5.82 Å². The van der Waals surface area contributed by atoms with E-state index >= 15 is 0 Å². The summed E-state index contributed by atoms with van der Waals surface area (Å²) in [4.78, 5) is 17.1. The summed E-state index contributed by atoms with van der Waals surface area (Å²) in [6, 6.07) is 5.54. The first-order chi connectivity index (χ1) is 14.1. The number of carbonyl (C=O) groups is 1. The van der Waals surface area contributed by atoms with Crippen molar-refractivity contribution in [3.8, 4) is 5.75 Å². The lowest BCUT2D eigenvalue weighted by molar-refractivity contribution is -0.131. The third-order valence-corrected chi connectivity index (χ3v) is 6.40. The van der Waals surface area contributed by atoms with Crippen LogP contribution < -0.4 is 10.1 Å². The number of hydrogen-bond donors (Lipinski definition) is 1. The molecular weight excluding hydrogens is 414 g/mol. The molecule has 0 spiro atoms. The zero-order valence-corrected chi connectivity index (χ0v) is 18.2. The SMILES string of the molecule is COc1c([C@@H]2[C@@H](C(=O)Nc3ccnc([S@@](C)=O)c3)OC(C)(C)[C@@H]2C)ccc(F)c1F. The number of halogens is 2. The normalized spacial score (nSPS) is 23.8. The molecule has 2 aromatic rings. The van der Waals surface area contributed by atoms with Crippen LogP contribution in [0.15, 0.2) is 35.5 Å². The van der Waals surface area contributed by atoms with Gasteiger partial charge in [-0.2, -0.15) is 4.39 Å². The van der Waals surface area contributed by atoms with Gasteiger partial charge in [-0.15, -0.1) is 0 Å². The molecule has 4 atom stereocenters. The molecule has 6 nitrogen and oxygen atoms in total. The maximum absolute atomic E-state index is 14.4. The predicted octanol–water partition coefficient (Wildman–Crippen LogP) is 3.64. The number of benzene rings is 1. The maximum Gasteiger partial charge on any atom is 0.254 e. The second kappa shape index (κ2) is 8.39. The van der Waals surface area contributed by atoms with Gasteiger partial charge in [-0.05, 0) is 38.0 Å². The second-order valence-corrected chi connectivity index (χ2v) is 9.09. The zero-order valence-electron chi connectivity index (χ0n) is 17.4. The van der Waals surface area contributed by atoms with E-state index in [1.165, 1.54) is 31.7 Å². The van der Waals surface area contributed by atoms with Gasteiger partial charge in [-0.3, -0.25) is 9.00 Å². The fourth-order valence-corrected chi connectivity index (χ4v) is 4.23. The van der Waals surface area contributed by atoms with Crippen LogP contribution >= 0.6 is 0 Å². The van der Waals surface area contributed by atoms with E-state index in [4.69, 9.17) is 9.47 Å². The molecule has 1 aromatic carbocycles. The van der Waals surface area contributed by atoms with E-state index in [1.807, 2.05) is 20.8 Å². The number of pyridine rings is 1. The lowest BCUT2D eigenvalue weighted by atomic mass is 9.78. The number of anilines is 1. The van der Waals surface area contributed by atoms with E-state index in [0.29, 0.717) is 16.3 Å². The summed E-state index contributed by atoms with van der Waals surface area (Å²) in [6.45, 7) is 5.58. The summed E-state index contributed by atoms with van der Waals surface area (Å²) in [5.41, 5.74) is 0.0773. The summed E-state index contributed by atoms with van der Waals surface area (Å²) < 4.78 is 50.9. The van der Waals surface area contributed by atoms with Crippen molar-refractivity contribution in [2.75, 3.05) is 18.7 Å². The van der Waals surface area contributed by atoms with Crippen molar-refractivity contribution >= 4 is 22.4 Å². The van der Waals surface area contributed by atoms with Gasteiger partial charge in [-0.1, -0.05) is 13.0 Å². The molecule has 1 fully saturated rings. The van der Waals surface area contributed by atoms with Gasteiger partial charge in [0.1, 0.15) is 11.1 Å². The average Bonchev–Trinajstić information content (AvgIpc) is 2.93. The predicted molar refractivity (Wildman–Crippen MR) is 109 cm³/mol. The third-order valence-electron chi connectivity index (χ3n) is 5.59. The molecule has 3 rings (SSSR count). The third kappa shape index (κ3) is 4.09. The summed E-state index contributed by atoms with van der Waals surface area (Å²) in [5, 5.41) is 3.08. The highest BCUT2D eigenvalue weighted by molar-refractivity contribution is 7.84. The van der Waals surface area contributed by atoms with Crippen molar-refractivity contribution in [3.63, 3.8) is 0 Å². The summed E-state index contributed by atoms with van der Waals surface area (Å²) in [6.07, 6.45) is 1.96. The number of hydrogen-bond acceptors (Lipinski definition) is 5. The largest absolute Gasteiger partial charge is 0.493 e. The van der Waals surface area contributed by atoms with Crippen molar-refractivity contribution in [1.29, 1.82) is 0 Å². The fraction of sp³-hybridized carbons (Fsp3) is 0.429. The number of amides is 1. The smallest absolute Gasteiger partial charge is 0.254 e. The van der Waals surface area contributed by atoms with Crippen molar-refractivity contribution < 1.29 is 27.3 Å². The van der Waals surface area contributed by atoms with Gasteiger partial charge < -0.3 is 14.8 Å². The van der Waals surface area contributed by atoms with Crippen molar-refractivity contribution in [2.45, 2.75) is 43.4 Å². The first kappa shape index (κ1) is 22.3. The van der Waals surface area contributed by atoms with Crippen LogP contribution in [-0.4, -0.2) is 40.2 Å². The molecule has 0 aliphatic carbocycles. The topological polar surface area (TPSA) is 77.5 Å². The van der Waals surface area contributed by atoms with E-state index in [0.717, 1.165) is 6.07 Å². The minimum Gasteiger partial charge on any atom is -0.493 e. The molecule has 0 unspecified atom stereocenters. The van der Waals surface area contributed by atoms with Crippen LogP contribution in [0, 0.1) is 17.6 Å². The molecule has 30 heavy (non-hydrogen) atoms. The number of nitrogens with one attached hydrogen (secondary N) is 1. The van der Waals surface area contributed by atoms with Crippen LogP contribution in [0.5, 0.6) is 5.75 Å². The Labute approximate surface area is 176 Å². The lowest BCUT2D eigenvalue weighted by Gasteiger charge is -2.25. The van der Waals surface area contributed by atoms with Crippen LogP contribution in [0.2, 0.25) is 0 Å². The van der Waals surface area contributed by atoms with E-state index in [2.05, 4.69) is 10.3 Å². The minimum absolute atomic E-state index is 0.205. The molecule has 1 aliphatic rings. The molecule has 1 N–H and O–H groups in total. The number of methoxy groups -OCH3 is 1. The number of aromatic nitrogens is 1. The van der Waals surface area contributed by atoms with E-state index in [9.17, 15) is 17.8 Å². The zero-order chi connectivity index (χ0) is 22.2. The molecule has 2 heterocycles. The highest BCUT2D eigenvalue weighted by Gasteiger charge is 2.51. The quantitative estimate of drug-likeness (QED) is 0.771. The van der Waals surface area contributed by atoms with Gasteiger partial charge in [0.15, 0.2) is 11.6 Å². The first-order valence-electron chi connectivity index (χ1n) is 9.37. The standard InChI is InChI=1S/C21H24F2N2O4S/c1-11-16(13-6-7-14(22)17(23)18(13)28-4)19(29-21(11,2)3)20(26)25-12-8-9-24-15(10-12)30(5)27/h6-11,16,19H,1-5H3,(H,24,25,26)/t11-,16-,19+,30-/m1/s1. The van der Waals surface area contributed by atoms with Crippen LogP contribution in [0.1, 0.15) is 32.3 Å². The van der Waals surface area contributed by atoms with E-state index in [-0.39, 0.29) is 11.7 Å². The van der Waals surface area contributed by atoms with Crippen molar-refractivity contribution in [1.82, 2.24) is 4.98 Å². The van der Waals surface area contributed by atoms with E-state index < -0.39 is 46.0 Å². The Hall–Kier alpha value is -2.39. The highest BCUT2D eigenvalue weighted by Crippen LogP contribution is 2.49. The molecule has 1 aliphatic heterocycles. The Morgan fingerprint density at radius 2 is 2.00 bits per heavy atom. The van der Waals surface area contributed by atoms with Gasteiger partial charge in [0.05, 0.1) is 23.5 Å². The van der Waals surface area contributed by atoms with Crippen molar-refractivity contribution in [3.05, 3.63) is 47.7 Å². The summed E-state index contributed by atoms with van der Waals surface area (Å²) in [7, 11) is -0.0522. The fourth-order valence-electron chi connectivity index (χ4n) is 3.73. The van der Waals surface area contributed by atoms with Gasteiger partial charge in [0, 0.05) is 29.6 Å². The lowest BCUT2D eigenvalue weighted by Crippen LogP contribution is -2.33. The van der Waals surface area contributed by atoms with E-state index in [1.54, 1.807) is 6.07 Å². The number of ether oxygens (including phenoxy) is 2. The first-order valence-corrected chi connectivity index (χ1v) is 10.9. The Balaban J connectivity index is 1.98. The molecule has 0 radical (unpaired) electrons. The number of rotatable bonds is 5. The second-order valence-electron chi connectivity index (χ2n) is 7.77. The average molecular weight is 438 g/mol. The Morgan fingerprint density at radius 1 is 1.30 bits per heavy atom. The molecule has 0 bridgehead atoms. The molecule has 1 aromatic heterocycles. The van der Waals surface area contributed by atoms with Gasteiger partial charge in [0.25, 0.3) is 5.91 Å². The number of carbonyl (C=O) groups excluding carboxylic acids is 1. The monoisotopic (exact) mass is 438 g/mol. The Bertz CT molecular complexity index is 999. The Morgan fingerprint density at radius 3 is 2.63 bits per heavy atom. The van der Waals surface area contributed by atoms with Crippen LogP contribution in [0.25, 0.3) is 0 Å². The van der Waals surface area contributed by atoms with Gasteiger partial charge >= 0.3 is 0 Å². The number of nitrogens with zero attached hydrogens (tertiary/aromatic N) is 1. The minimum atomic E-state index is -1.31. The van der Waals surface area contributed by atoms with Gasteiger partial charge in [-0.25, -0.2) is 9.37 Å². The van der Waals surface area contributed by atoms with Crippen LogP contribution in [0.3, 0.4) is 0 Å². The molecule has 9 heteroatoms. The van der Waals surface area contributed by atoms with Crippen LogP contribution in [0.4, 0.5) is 14.5 Å². The maximum atomic E-state index is 14.4. The molecule has 0 saturated carbocycles. The molecular formula is C21H24F2N2O4S. The molecule has 1 amide bonds. The molecule has 1 saturated heterocycles. The Kier molecular flexibility index (Phi) is 6.24. The summed E-state index contributed by atoms with van der Waals surface area (Å²) >= 11 is 0. The molecule has 162 valence electrons. The van der Waals surface area contributed by atoms with Crippen LogP contribution in [-0.2, 0) is 20.3 Å².